The van der Waals surface area contributed by atoms with Crippen LogP contribution in [0.4, 0.5) is 0 Å². The van der Waals surface area contributed by atoms with Crippen molar-refractivity contribution in [1.82, 2.24) is 0 Å². The van der Waals surface area contributed by atoms with Crippen molar-refractivity contribution in [2.24, 2.45) is 0 Å². The van der Waals surface area contributed by atoms with Gasteiger partial charge in [0.2, 0.25) is 6.29 Å². The number of rotatable bonds is 4. The zero-order valence-electron chi connectivity index (χ0n) is 12.9. The third-order valence-corrected chi connectivity index (χ3v) is 3.49. The van der Waals surface area contributed by atoms with E-state index in [4.69, 9.17) is 47.3 Å². The monoisotopic (exact) mass is 380 g/mol. The van der Waals surface area contributed by atoms with E-state index >= 15 is 0 Å². The number of halogens is 2. The van der Waals surface area contributed by atoms with Gasteiger partial charge in [0.05, 0.1) is 17.2 Å². The lowest BCUT2D eigenvalue weighted by molar-refractivity contribution is -0.214. The van der Waals surface area contributed by atoms with Gasteiger partial charge in [-0.25, -0.2) is 4.79 Å². The number of carbonyl (C=O) groups is 2. The summed E-state index contributed by atoms with van der Waals surface area (Å²) in [6.07, 6.45) is -0.639. The molecule has 3 atom stereocenters. The van der Waals surface area contributed by atoms with Gasteiger partial charge in [0, 0.05) is 11.4 Å². The highest BCUT2D eigenvalue weighted by Gasteiger charge is 2.28. The zero-order chi connectivity index (χ0) is 18.1. The second-order valence-corrected chi connectivity index (χ2v) is 5.80. The highest BCUT2D eigenvalue weighted by atomic mass is 35.5. The van der Waals surface area contributed by atoms with E-state index in [1.165, 1.54) is 6.07 Å². The molecule has 134 valence electrons. The van der Waals surface area contributed by atoms with Crippen LogP contribution in [0.25, 0.3) is 0 Å². The Morgan fingerprint density at radius 3 is 2.67 bits per heavy atom. The quantitative estimate of drug-likeness (QED) is 0.610. The number of esters is 1. The lowest BCUT2D eigenvalue weighted by atomic mass is 10.1. The van der Waals surface area contributed by atoms with Crippen LogP contribution in [0, 0.1) is 0 Å². The Bertz CT molecular complexity index is 543. The number of aliphatic hydroxyl groups is 1. The summed E-state index contributed by atoms with van der Waals surface area (Å²) in [5.41, 5.74) is 0. The summed E-state index contributed by atoms with van der Waals surface area (Å²) >= 11 is 11.7. The van der Waals surface area contributed by atoms with Crippen LogP contribution in [0.3, 0.4) is 0 Å². The molecule has 1 saturated heterocycles. The molecule has 0 aromatic heterocycles. The summed E-state index contributed by atoms with van der Waals surface area (Å²) < 4.78 is 15.8. The predicted octanol–water partition coefficient (Wildman–Crippen LogP) is 2.50. The van der Waals surface area contributed by atoms with Crippen LogP contribution in [0.1, 0.15) is 19.8 Å². The molecule has 1 aliphatic heterocycles. The van der Waals surface area contributed by atoms with Crippen molar-refractivity contribution in [3.05, 3.63) is 28.2 Å². The van der Waals surface area contributed by atoms with Gasteiger partial charge in [-0.1, -0.05) is 23.2 Å². The van der Waals surface area contributed by atoms with Crippen LogP contribution in [-0.2, 0) is 19.1 Å². The van der Waals surface area contributed by atoms with Gasteiger partial charge in [0.25, 0.3) is 6.47 Å². The lowest BCUT2D eigenvalue weighted by Gasteiger charge is -2.30. The fourth-order valence-corrected chi connectivity index (χ4v) is 2.52. The van der Waals surface area contributed by atoms with Crippen LogP contribution < -0.4 is 4.74 Å². The van der Waals surface area contributed by atoms with Gasteiger partial charge in [-0.05, 0) is 31.5 Å². The summed E-state index contributed by atoms with van der Waals surface area (Å²) in [6.45, 7) is 1.26. The molecule has 1 aromatic rings. The predicted molar refractivity (Wildman–Crippen MR) is 86.3 cm³/mol. The summed E-state index contributed by atoms with van der Waals surface area (Å²) in [7, 11) is 0. The largest absolute Gasteiger partial charge is 0.483 e. The summed E-state index contributed by atoms with van der Waals surface area (Å²) in [4.78, 5) is 20.1. The van der Waals surface area contributed by atoms with Crippen LogP contribution >= 0.6 is 23.2 Å². The van der Waals surface area contributed by atoms with Gasteiger partial charge in [0.1, 0.15) is 5.75 Å². The Kier molecular flexibility index (Phi) is 8.84. The molecular weight excluding hydrogens is 363 g/mol. The van der Waals surface area contributed by atoms with E-state index in [0.717, 1.165) is 0 Å². The van der Waals surface area contributed by atoms with Crippen LogP contribution in [0.5, 0.6) is 5.75 Å². The molecule has 0 spiro atoms. The van der Waals surface area contributed by atoms with E-state index in [1.807, 2.05) is 6.92 Å². The third kappa shape index (κ3) is 7.35. The van der Waals surface area contributed by atoms with Gasteiger partial charge in [0.15, 0.2) is 6.61 Å². The highest BCUT2D eigenvalue weighted by Crippen LogP contribution is 2.27. The van der Waals surface area contributed by atoms with E-state index in [2.05, 4.69) is 0 Å². The van der Waals surface area contributed by atoms with E-state index in [0.29, 0.717) is 22.2 Å². The summed E-state index contributed by atoms with van der Waals surface area (Å²) in [5, 5.41) is 17.3. The van der Waals surface area contributed by atoms with Crippen LogP contribution in [-0.4, -0.2) is 47.8 Å². The van der Waals surface area contributed by atoms with Crippen molar-refractivity contribution in [2.45, 2.75) is 38.3 Å². The van der Waals surface area contributed by atoms with E-state index in [1.54, 1.807) is 12.1 Å². The Morgan fingerprint density at radius 2 is 2.08 bits per heavy atom. The molecule has 0 bridgehead atoms. The molecule has 0 aliphatic carbocycles. The van der Waals surface area contributed by atoms with Crippen LogP contribution in [0.2, 0.25) is 10.0 Å². The Balaban J connectivity index is 0.000000891. The molecule has 0 radical (unpaired) electrons. The smallest absolute Gasteiger partial charge is 0.346 e. The Morgan fingerprint density at radius 1 is 1.42 bits per heavy atom. The van der Waals surface area contributed by atoms with E-state index < -0.39 is 18.4 Å². The molecule has 0 amide bonds. The number of carboxylic acid groups (broad SMARTS) is 1. The van der Waals surface area contributed by atoms with Crippen molar-refractivity contribution in [2.75, 3.05) is 6.61 Å². The maximum Gasteiger partial charge on any atom is 0.346 e. The lowest BCUT2D eigenvalue weighted by Crippen LogP contribution is -2.37. The number of benzene rings is 1. The Labute approximate surface area is 149 Å². The van der Waals surface area contributed by atoms with Crippen molar-refractivity contribution < 1.29 is 34.0 Å². The molecule has 0 saturated carbocycles. The van der Waals surface area contributed by atoms with Crippen LogP contribution in [0.15, 0.2) is 18.2 Å². The van der Waals surface area contributed by atoms with Gasteiger partial charge in [-0.2, -0.15) is 0 Å². The van der Waals surface area contributed by atoms with Crippen molar-refractivity contribution in [3.63, 3.8) is 0 Å². The highest BCUT2D eigenvalue weighted by molar-refractivity contribution is 6.35. The molecule has 1 fully saturated rings. The molecule has 9 heteroatoms. The number of carbonyl (C=O) groups excluding carboxylic acids is 1. The first-order chi connectivity index (χ1) is 11.3. The average Bonchev–Trinajstić information content (AvgIpc) is 2.46. The molecule has 3 unspecified atom stereocenters. The number of hydrogen-bond donors (Lipinski definition) is 2. The first-order valence-electron chi connectivity index (χ1n) is 7.04. The zero-order valence-corrected chi connectivity index (χ0v) is 14.4. The summed E-state index contributed by atoms with van der Waals surface area (Å²) in [5.74, 6) is -0.247. The van der Waals surface area contributed by atoms with Gasteiger partial charge in [-0.15, -0.1) is 0 Å². The second kappa shape index (κ2) is 10.4. The maximum atomic E-state index is 11.7. The normalized spacial score (nSPS) is 22.8. The fraction of sp³-hybridized carbons (Fsp3) is 0.467. The minimum Gasteiger partial charge on any atom is -0.483 e. The molecular formula is C15H18Cl2O7. The molecule has 7 nitrogen and oxygen atoms in total. The molecule has 1 heterocycles. The topological polar surface area (TPSA) is 102 Å². The minimum absolute atomic E-state index is 0.154. The minimum atomic E-state index is -0.750. The fourth-order valence-electron chi connectivity index (χ4n) is 2.06. The third-order valence-electron chi connectivity index (χ3n) is 2.95. The maximum absolute atomic E-state index is 11.7. The van der Waals surface area contributed by atoms with Gasteiger partial charge >= 0.3 is 5.97 Å². The van der Waals surface area contributed by atoms with Crippen molar-refractivity contribution in [1.29, 1.82) is 0 Å². The van der Waals surface area contributed by atoms with Crippen molar-refractivity contribution >= 4 is 35.6 Å². The standard InChI is InChI=1S/C14H16Cl2O5.CH2O2/c1-8-4-10(17)6-14(20-8)21-13(18)7-19-12-3-2-9(15)5-11(12)16;2-1-3/h2-3,5,8,10,14,17H,4,6-7H2,1H3;1H,(H,2,3). The number of aliphatic hydroxyl groups excluding tert-OH is 1. The van der Waals surface area contributed by atoms with Gasteiger partial charge < -0.3 is 24.4 Å². The number of ether oxygens (including phenoxy) is 3. The molecule has 2 rings (SSSR count). The molecule has 1 aliphatic rings. The molecule has 1 aromatic carbocycles. The second-order valence-electron chi connectivity index (χ2n) is 4.96. The van der Waals surface area contributed by atoms with Gasteiger partial charge in [-0.3, -0.25) is 4.79 Å². The van der Waals surface area contributed by atoms with Crippen molar-refractivity contribution in [3.8, 4) is 5.75 Å². The van der Waals surface area contributed by atoms with E-state index in [-0.39, 0.29) is 25.6 Å². The molecule has 2 N–H and O–H groups in total. The Hall–Kier alpha value is -1.54. The first kappa shape index (κ1) is 20.5. The van der Waals surface area contributed by atoms with E-state index in [9.17, 15) is 9.90 Å². The SMILES string of the molecule is CC1CC(O)CC(OC(=O)COc2ccc(Cl)cc2Cl)O1.O=CO. The molecule has 24 heavy (non-hydrogen) atoms. The average molecular weight is 381 g/mol. The first-order valence-corrected chi connectivity index (χ1v) is 7.80. The summed E-state index contributed by atoms with van der Waals surface area (Å²) in [6, 6.07) is 4.70. The number of hydrogen-bond acceptors (Lipinski definition) is 6.